The highest BCUT2D eigenvalue weighted by atomic mass is 14.6. The zero-order chi connectivity index (χ0) is 6.27. The maximum atomic E-state index is 5.62. The third-order valence-electron chi connectivity index (χ3n) is 3.19. The molecule has 0 aromatic heterocycles. The van der Waals surface area contributed by atoms with Gasteiger partial charge >= 0.3 is 0 Å². The predicted octanol–water partition coefficient (Wildman–Crippen LogP) is 1.38. The Kier molecular flexibility index (Phi) is 1.26. The monoisotopic (exact) mass is 125 g/mol. The van der Waals surface area contributed by atoms with Crippen molar-refractivity contribution < 1.29 is 0 Å². The summed E-state index contributed by atoms with van der Waals surface area (Å²) >= 11 is 0. The smallest absolute Gasteiger partial charge is 0.00461 e. The van der Waals surface area contributed by atoms with Crippen molar-refractivity contribution in [1.29, 1.82) is 0 Å². The largest absolute Gasteiger partial charge is 0.330 e. The van der Waals surface area contributed by atoms with Crippen LogP contribution in [0, 0.1) is 17.8 Å². The summed E-state index contributed by atoms with van der Waals surface area (Å²) in [4.78, 5) is 0. The lowest BCUT2D eigenvalue weighted by Crippen LogP contribution is -2.19. The molecule has 2 unspecified atom stereocenters. The van der Waals surface area contributed by atoms with E-state index in [1.54, 1.807) is 0 Å². The average molecular weight is 125 g/mol. The Hall–Kier alpha value is -0.0400. The van der Waals surface area contributed by atoms with Crippen molar-refractivity contribution in [3.05, 3.63) is 0 Å². The summed E-state index contributed by atoms with van der Waals surface area (Å²) in [5.74, 6) is 3.01. The SMILES string of the molecule is NCC1CC2CC[C@H]1C2. The van der Waals surface area contributed by atoms with E-state index in [0.717, 1.165) is 24.3 Å². The predicted molar refractivity (Wildman–Crippen MR) is 38.0 cm³/mol. The Morgan fingerprint density at radius 1 is 1.22 bits per heavy atom. The van der Waals surface area contributed by atoms with E-state index in [1.165, 1.54) is 25.7 Å². The first-order chi connectivity index (χ1) is 4.40. The van der Waals surface area contributed by atoms with Crippen LogP contribution in [0.4, 0.5) is 0 Å². The topological polar surface area (TPSA) is 26.0 Å². The van der Waals surface area contributed by atoms with Crippen molar-refractivity contribution in [2.24, 2.45) is 23.5 Å². The van der Waals surface area contributed by atoms with Crippen LogP contribution in [0.3, 0.4) is 0 Å². The van der Waals surface area contributed by atoms with E-state index in [1.807, 2.05) is 0 Å². The molecule has 2 aliphatic rings. The van der Waals surface area contributed by atoms with Crippen molar-refractivity contribution in [2.75, 3.05) is 6.54 Å². The van der Waals surface area contributed by atoms with E-state index in [0.29, 0.717) is 0 Å². The van der Waals surface area contributed by atoms with Crippen LogP contribution in [0.15, 0.2) is 0 Å². The Morgan fingerprint density at radius 3 is 2.44 bits per heavy atom. The Morgan fingerprint density at radius 2 is 2.11 bits per heavy atom. The van der Waals surface area contributed by atoms with Gasteiger partial charge in [-0.05, 0) is 43.6 Å². The highest BCUT2D eigenvalue weighted by Gasteiger charge is 2.38. The maximum absolute atomic E-state index is 5.62. The zero-order valence-electron chi connectivity index (χ0n) is 5.84. The minimum absolute atomic E-state index is 0.906. The lowest BCUT2D eigenvalue weighted by Gasteiger charge is -2.18. The minimum Gasteiger partial charge on any atom is -0.330 e. The molecule has 3 atom stereocenters. The molecule has 2 saturated carbocycles. The van der Waals surface area contributed by atoms with Crippen molar-refractivity contribution in [3.8, 4) is 0 Å². The second kappa shape index (κ2) is 1.98. The second-order valence-electron chi connectivity index (χ2n) is 3.67. The number of nitrogens with two attached hydrogens (primary N) is 1. The summed E-state index contributed by atoms with van der Waals surface area (Å²) in [7, 11) is 0. The third kappa shape index (κ3) is 0.787. The summed E-state index contributed by atoms with van der Waals surface area (Å²) in [6.07, 6.45) is 5.93. The zero-order valence-corrected chi connectivity index (χ0v) is 5.84. The van der Waals surface area contributed by atoms with Gasteiger partial charge < -0.3 is 5.73 Å². The maximum Gasteiger partial charge on any atom is -0.00461 e. The van der Waals surface area contributed by atoms with E-state index >= 15 is 0 Å². The quantitative estimate of drug-likeness (QED) is 0.563. The molecule has 0 amide bonds. The van der Waals surface area contributed by atoms with E-state index in [-0.39, 0.29) is 0 Å². The number of fused-ring (bicyclic) bond motifs is 2. The Labute approximate surface area is 56.6 Å². The summed E-state index contributed by atoms with van der Waals surface area (Å²) in [6.45, 7) is 0.946. The van der Waals surface area contributed by atoms with Crippen LogP contribution in [-0.4, -0.2) is 6.54 Å². The van der Waals surface area contributed by atoms with E-state index in [4.69, 9.17) is 5.73 Å². The fraction of sp³-hybridized carbons (Fsp3) is 1.00. The molecule has 2 fully saturated rings. The van der Waals surface area contributed by atoms with Gasteiger partial charge in [0.05, 0.1) is 0 Å². The molecule has 0 spiro atoms. The summed E-state index contributed by atoms with van der Waals surface area (Å²) in [5.41, 5.74) is 5.62. The molecule has 2 N–H and O–H groups in total. The molecule has 1 nitrogen and oxygen atoms in total. The van der Waals surface area contributed by atoms with Gasteiger partial charge in [-0.2, -0.15) is 0 Å². The normalized spacial score (nSPS) is 48.3. The van der Waals surface area contributed by atoms with Gasteiger partial charge in [0.25, 0.3) is 0 Å². The lowest BCUT2D eigenvalue weighted by atomic mass is 9.89. The average Bonchev–Trinajstić information content (AvgIpc) is 2.45. The molecule has 52 valence electrons. The molecule has 0 radical (unpaired) electrons. The van der Waals surface area contributed by atoms with Crippen LogP contribution in [-0.2, 0) is 0 Å². The van der Waals surface area contributed by atoms with Gasteiger partial charge in [-0.15, -0.1) is 0 Å². The molecular weight excluding hydrogens is 110 g/mol. The van der Waals surface area contributed by atoms with Crippen LogP contribution >= 0.6 is 0 Å². The highest BCUT2D eigenvalue weighted by molar-refractivity contribution is 4.89. The minimum atomic E-state index is 0.906. The fourth-order valence-electron chi connectivity index (χ4n) is 2.67. The van der Waals surface area contributed by atoms with Gasteiger partial charge in [0.1, 0.15) is 0 Å². The molecule has 0 aliphatic heterocycles. The second-order valence-corrected chi connectivity index (χ2v) is 3.67. The Bertz CT molecular complexity index is 111. The molecule has 0 aromatic rings. The standard InChI is InChI=1S/C8H15N/c9-5-8-4-6-1-2-7(8)3-6/h6-8H,1-5,9H2/t6?,7-,8?/m0/s1. The first-order valence-corrected chi connectivity index (χ1v) is 4.10. The van der Waals surface area contributed by atoms with Gasteiger partial charge in [-0.1, -0.05) is 6.42 Å². The molecule has 0 heterocycles. The van der Waals surface area contributed by atoms with Gasteiger partial charge in [0.15, 0.2) is 0 Å². The van der Waals surface area contributed by atoms with E-state index < -0.39 is 0 Å². The third-order valence-corrected chi connectivity index (χ3v) is 3.19. The van der Waals surface area contributed by atoms with Crippen LogP contribution < -0.4 is 5.73 Å². The first kappa shape index (κ1) is 5.72. The summed E-state index contributed by atoms with van der Waals surface area (Å²) in [5, 5.41) is 0. The van der Waals surface area contributed by atoms with E-state index in [9.17, 15) is 0 Å². The molecule has 1 heteroatoms. The molecular formula is C8H15N. The number of rotatable bonds is 1. The van der Waals surface area contributed by atoms with Crippen LogP contribution in [0.2, 0.25) is 0 Å². The molecule has 0 aromatic carbocycles. The number of hydrogen-bond donors (Lipinski definition) is 1. The van der Waals surface area contributed by atoms with Crippen molar-refractivity contribution in [2.45, 2.75) is 25.7 Å². The van der Waals surface area contributed by atoms with Gasteiger partial charge in [0, 0.05) is 0 Å². The first-order valence-electron chi connectivity index (χ1n) is 4.10. The van der Waals surface area contributed by atoms with Gasteiger partial charge in [0.2, 0.25) is 0 Å². The Balaban J connectivity index is 2.01. The van der Waals surface area contributed by atoms with E-state index in [2.05, 4.69) is 0 Å². The van der Waals surface area contributed by atoms with Gasteiger partial charge in [-0.3, -0.25) is 0 Å². The lowest BCUT2D eigenvalue weighted by molar-refractivity contribution is 0.341. The van der Waals surface area contributed by atoms with Crippen LogP contribution in [0.25, 0.3) is 0 Å². The molecule has 2 bridgehead atoms. The summed E-state index contributed by atoms with van der Waals surface area (Å²) < 4.78 is 0. The van der Waals surface area contributed by atoms with Crippen molar-refractivity contribution in [3.63, 3.8) is 0 Å². The van der Waals surface area contributed by atoms with Crippen LogP contribution in [0.1, 0.15) is 25.7 Å². The van der Waals surface area contributed by atoms with Crippen molar-refractivity contribution >= 4 is 0 Å². The van der Waals surface area contributed by atoms with Crippen molar-refractivity contribution in [1.82, 2.24) is 0 Å². The number of hydrogen-bond acceptors (Lipinski definition) is 1. The fourth-order valence-corrected chi connectivity index (χ4v) is 2.67. The molecule has 2 aliphatic carbocycles. The van der Waals surface area contributed by atoms with Crippen LogP contribution in [0.5, 0.6) is 0 Å². The molecule has 0 saturated heterocycles. The summed E-state index contributed by atoms with van der Waals surface area (Å²) in [6, 6.07) is 0. The molecule has 9 heavy (non-hydrogen) atoms. The molecule has 2 rings (SSSR count). The highest BCUT2D eigenvalue weighted by Crippen LogP contribution is 2.47. The van der Waals surface area contributed by atoms with Gasteiger partial charge in [-0.25, -0.2) is 0 Å².